The molecule has 0 saturated carbocycles. The first-order valence-electron chi connectivity index (χ1n) is 9.48. The predicted octanol–water partition coefficient (Wildman–Crippen LogP) is 5.49. The van der Waals surface area contributed by atoms with Gasteiger partial charge in [0.15, 0.2) is 5.78 Å². The van der Waals surface area contributed by atoms with Crippen LogP contribution in [0.4, 0.5) is 4.79 Å². The standard InChI is InChI=1S/C23H22ClNO5/c1-5-29-21(27)19-18(20(26)14-9-7-6-8-10-14)16-13-15(24)11-12-17(16)25(19)22(28)30-23(2,3)4/h6-13H,5H2,1-4H3. The van der Waals surface area contributed by atoms with E-state index in [1.807, 2.05) is 0 Å². The van der Waals surface area contributed by atoms with Gasteiger partial charge in [0.1, 0.15) is 11.3 Å². The number of ketones is 1. The molecule has 0 spiro atoms. The lowest BCUT2D eigenvalue weighted by molar-refractivity contribution is 0.0452. The van der Waals surface area contributed by atoms with Crippen LogP contribution in [0.15, 0.2) is 48.5 Å². The molecule has 0 atom stereocenters. The van der Waals surface area contributed by atoms with Gasteiger partial charge in [0.2, 0.25) is 0 Å². The fourth-order valence-corrected chi connectivity index (χ4v) is 3.29. The maximum atomic E-state index is 13.4. The van der Waals surface area contributed by atoms with Gasteiger partial charge in [-0.2, -0.15) is 0 Å². The number of nitrogens with zero attached hydrogens (tertiary/aromatic N) is 1. The van der Waals surface area contributed by atoms with E-state index in [9.17, 15) is 14.4 Å². The highest BCUT2D eigenvalue weighted by Gasteiger charge is 2.33. The second-order valence-electron chi connectivity index (χ2n) is 7.62. The normalized spacial score (nSPS) is 11.4. The number of ether oxygens (including phenoxy) is 2. The fourth-order valence-electron chi connectivity index (χ4n) is 3.12. The van der Waals surface area contributed by atoms with Crippen LogP contribution in [0.3, 0.4) is 0 Å². The van der Waals surface area contributed by atoms with Crippen LogP contribution < -0.4 is 0 Å². The summed E-state index contributed by atoms with van der Waals surface area (Å²) in [6, 6.07) is 13.2. The predicted molar refractivity (Wildman–Crippen MR) is 114 cm³/mol. The molecule has 0 aliphatic rings. The number of hydrogen-bond acceptors (Lipinski definition) is 5. The molecule has 6 nitrogen and oxygen atoms in total. The molecule has 3 rings (SSSR count). The summed E-state index contributed by atoms with van der Waals surface area (Å²) in [5.74, 6) is -1.22. The summed E-state index contributed by atoms with van der Waals surface area (Å²) in [5, 5.41) is 0.728. The minimum absolute atomic E-state index is 0.0445. The van der Waals surface area contributed by atoms with Gasteiger partial charge in [-0.15, -0.1) is 0 Å². The maximum Gasteiger partial charge on any atom is 0.419 e. The Morgan fingerprint density at radius 2 is 1.70 bits per heavy atom. The minimum atomic E-state index is -0.810. The van der Waals surface area contributed by atoms with Crippen molar-refractivity contribution >= 4 is 40.3 Å². The molecule has 0 N–H and O–H groups in total. The van der Waals surface area contributed by atoms with Gasteiger partial charge in [-0.1, -0.05) is 41.9 Å². The number of rotatable bonds is 4. The smallest absolute Gasteiger partial charge is 0.419 e. The van der Waals surface area contributed by atoms with E-state index in [0.29, 0.717) is 21.5 Å². The summed E-state index contributed by atoms with van der Waals surface area (Å²) >= 11 is 6.18. The Morgan fingerprint density at radius 3 is 2.30 bits per heavy atom. The lowest BCUT2D eigenvalue weighted by atomic mass is 10.00. The highest BCUT2D eigenvalue weighted by Crippen LogP contribution is 2.32. The summed E-state index contributed by atoms with van der Waals surface area (Å²) in [5.41, 5.74) is -0.252. The molecule has 0 aliphatic carbocycles. The molecule has 0 fully saturated rings. The largest absolute Gasteiger partial charge is 0.461 e. The first-order valence-corrected chi connectivity index (χ1v) is 9.86. The molecule has 0 saturated heterocycles. The Bertz CT molecular complexity index is 1130. The second-order valence-corrected chi connectivity index (χ2v) is 8.05. The van der Waals surface area contributed by atoms with Gasteiger partial charge in [-0.25, -0.2) is 14.2 Å². The molecule has 0 aliphatic heterocycles. The van der Waals surface area contributed by atoms with Crippen molar-refractivity contribution in [3.8, 4) is 0 Å². The molecule has 2 aromatic carbocycles. The van der Waals surface area contributed by atoms with Crippen LogP contribution in [0.5, 0.6) is 0 Å². The summed E-state index contributed by atoms with van der Waals surface area (Å²) < 4.78 is 11.8. The molecular weight excluding hydrogens is 406 g/mol. The van der Waals surface area contributed by atoms with Crippen molar-refractivity contribution in [3.05, 3.63) is 70.4 Å². The Balaban J connectivity index is 2.37. The van der Waals surface area contributed by atoms with Crippen molar-refractivity contribution in [2.24, 2.45) is 0 Å². The van der Waals surface area contributed by atoms with Crippen LogP contribution in [0.2, 0.25) is 5.02 Å². The number of benzene rings is 2. The average Bonchev–Trinajstić information content (AvgIpc) is 3.01. The molecule has 1 aromatic heterocycles. The molecule has 0 bridgehead atoms. The molecule has 156 valence electrons. The zero-order valence-corrected chi connectivity index (χ0v) is 17.9. The van der Waals surface area contributed by atoms with E-state index in [1.54, 1.807) is 76.2 Å². The van der Waals surface area contributed by atoms with Gasteiger partial charge in [0.05, 0.1) is 17.7 Å². The van der Waals surface area contributed by atoms with Gasteiger partial charge in [0, 0.05) is 16.0 Å². The van der Waals surface area contributed by atoms with E-state index in [1.165, 1.54) is 0 Å². The molecule has 3 aromatic rings. The zero-order valence-electron chi connectivity index (χ0n) is 17.2. The molecule has 30 heavy (non-hydrogen) atoms. The van der Waals surface area contributed by atoms with Gasteiger partial charge < -0.3 is 9.47 Å². The second kappa shape index (κ2) is 8.32. The highest BCUT2D eigenvalue weighted by atomic mass is 35.5. The van der Waals surface area contributed by atoms with Crippen LogP contribution in [0, 0.1) is 0 Å². The van der Waals surface area contributed by atoms with Crippen molar-refractivity contribution in [1.82, 2.24) is 4.57 Å². The summed E-state index contributed by atoms with van der Waals surface area (Å²) in [7, 11) is 0. The molecule has 7 heteroatoms. The van der Waals surface area contributed by atoms with Gasteiger partial charge >= 0.3 is 12.1 Å². The molecule has 0 radical (unpaired) electrons. The average molecular weight is 428 g/mol. The van der Waals surface area contributed by atoms with Crippen molar-refractivity contribution in [1.29, 1.82) is 0 Å². The molecule has 0 amide bonds. The third-order valence-corrected chi connectivity index (χ3v) is 4.47. The number of fused-ring (bicyclic) bond motifs is 1. The Hall–Kier alpha value is -3.12. The van der Waals surface area contributed by atoms with Gasteiger partial charge in [0.25, 0.3) is 0 Å². The number of esters is 1. The van der Waals surface area contributed by atoms with Crippen molar-refractivity contribution in [2.75, 3.05) is 6.61 Å². The Kier molecular flexibility index (Phi) is 5.99. The van der Waals surface area contributed by atoms with E-state index in [-0.39, 0.29) is 17.9 Å². The van der Waals surface area contributed by atoms with Crippen LogP contribution >= 0.6 is 11.6 Å². The van der Waals surface area contributed by atoms with E-state index in [0.717, 1.165) is 4.57 Å². The van der Waals surface area contributed by atoms with E-state index in [4.69, 9.17) is 21.1 Å². The number of hydrogen-bond donors (Lipinski definition) is 0. The number of aromatic nitrogens is 1. The van der Waals surface area contributed by atoms with Crippen molar-refractivity contribution in [3.63, 3.8) is 0 Å². The molecule has 0 unspecified atom stereocenters. The maximum absolute atomic E-state index is 13.4. The monoisotopic (exact) mass is 427 g/mol. The van der Waals surface area contributed by atoms with Crippen LogP contribution in [0.25, 0.3) is 10.9 Å². The van der Waals surface area contributed by atoms with Crippen LogP contribution in [-0.2, 0) is 9.47 Å². The Labute approximate surface area is 179 Å². The lowest BCUT2D eigenvalue weighted by Crippen LogP contribution is -2.29. The van der Waals surface area contributed by atoms with E-state index < -0.39 is 23.4 Å². The third-order valence-electron chi connectivity index (χ3n) is 4.24. The van der Waals surface area contributed by atoms with Gasteiger partial charge in [-0.05, 0) is 45.9 Å². The summed E-state index contributed by atoms with van der Waals surface area (Å²) in [6.07, 6.45) is -0.787. The zero-order chi connectivity index (χ0) is 22.1. The minimum Gasteiger partial charge on any atom is -0.461 e. The fraction of sp³-hybridized carbons (Fsp3) is 0.261. The van der Waals surface area contributed by atoms with Crippen molar-refractivity contribution in [2.45, 2.75) is 33.3 Å². The number of carbonyl (C=O) groups excluding carboxylic acids is 3. The topological polar surface area (TPSA) is 74.6 Å². The summed E-state index contributed by atoms with van der Waals surface area (Å²) in [6.45, 7) is 6.87. The Morgan fingerprint density at radius 1 is 1.03 bits per heavy atom. The number of halogens is 1. The molecule has 1 heterocycles. The van der Waals surface area contributed by atoms with Gasteiger partial charge in [-0.3, -0.25) is 4.79 Å². The molecular formula is C23H22ClNO5. The van der Waals surface area contributed by atoms with E-state index in [2.05, 4.69) is 0 Å². The third kappa shape index (κ3) is 4.24. The SMILES string of the molecule is CCOC(=O)c1c(C(=O)c2ccccc2)c2cc(Cl)ccc2n1C(=O)OC(C)(C)C. The first kappa shape index (κ1) is 21.6. The lowest BCUT2D eigenvalue weighted by Gasteiger charge is -2.20. The van der Waals surface area contributed by atoms with Crippen molar-refractivity contribution < 1.29 is 23.9 Å². The van der Waals surface area contributed by atoms with E-state index >= 15 is 0 Å². The highest BCUT2D eigenvalue weighted by molar-refractivity contribution is 6.32. The summed E-state index contributed by atoms with van der Waals surface area (Å²) in [4.78, 5) is 39.4. The van der Waals surface area contributed by atoms with Crippen LogP contribution in [0.1, 0.15) is 54.1 Å². The van der Waals surface area contributed by atoms with Crippen LogP contribution in [-0.4, -0.2) is 34.6 Å². The quantitative estimate of drug-likeness (QED) is 0.406. The first-order chi connectivity index (χ1) is 14.1. The number of carbonyl (C=O) groups is 3.